The monoisotopic (exact) mass is 348 g/mol. The lowest BCUT2D eigenvalue weighted by Crippen LogP contribution is -2.32. The predicted octanol–water partition coefficient (Wildman–Crippen LogP) is 0.260. The third-order valence-corrected chi connectivity index (χ3v) is 4.74. The van der Waals surface area contributed by atoms with Crippen molar-refractivity contribution in [2.75, 3.05) is 6.61 Å². The fourth-order valence-corrected chi connectivity index (χ4v) is 3.61. The molecule has 6 nitrogen and oxygen atoms in total. The van der Waals surface area contributed by atoms with Gasteiger partial charge in [-0.15, -0.1) is 11.8 Å². The van der Waals surface area contributed by atoms with Crippen molar-refractivity contribution in [3.63, 3.8) is 0 Å². The summed E-state index contributed by atoms with van der Waals surface area (Å²) in [6, 6.07) is 0. The van der Waals surface area contributed by atoms with Crippen molar-refractivity contribution in [1.82, 2.24) is 9.55 Å². The maximum Gasteiger partial charge on any atom is 0.329 e. The van der Waals surface area contributed by atoms with Gasteiger partial charge in [-0.1, -0.05) is 15.9 Å². The second-order valence-electron chi connectivity index (χ2n) is 4.16. The molecule has 2 heterocycles. The third-order valence-electron chi connectivity index (χ3n) is 2.93. The number of aromatic amines is 1. The van der Waals surface area contributed by atoms with E-state index in [9.17, 15) is 14.7 Å². The van der Waals surface area contributed by atoms with E-state index in [4.69, 9.17) is 5.11 Å². The Morgan fingerprint density at radius 1 is 1.58 bits per heavy atom. The third kappa shape index (κ3) is 3.02. The highest BCUT2D eigenvalue weighted by Gasteiger charge is 2.34. The van der Waals surface area contributed by atoms with Gasteiger partial charge in [0.2, 0.25) is 0 Å². The highest BCUT2D eigenvalue weighted by atomic mass is 79.9. The normalized spacial score (nSPS) is 27.2. The highest BCUT2D eigenvalue weighted by molar-refractivity contribution is 9.11. The number of thioether (sulfide) groups is 1. The molecular weight excluding hydrogens is 336 g/mol. The van der Waals surface area contributed by atoms with Gasteiger partial charge >= 0.3 is 5.69 Å². The Kier molecular flexibility index (Phi) is 4.67. The number of aliphatic hydroxyl groups is 2. The zero-order valence-corrected chi connectivity index (χ0v) is 12.2. The summed E-state index contributed by atoms with van der Waals surface area (Å²) >= 11 is 4.40. The quantitative estimate of drug-likeness (QED) is 0.728. The lowest BCUT2D eigenvalue weighted by molar-refractivity contribution is 0.137. The van der Waals surface area contributed by atoms with Crippen LogP contribution in [0.4, 0.5) is 0 Å². The van der Waals surface area contributed by atoms with Crippen LogP contribution in [0.3, 0.4) is 0 Å². The molecule has 0 bridgehead atoms. The smallest absolute Gasteiger partial charge is 0.329 e. The van der Waals surface area contributed by atoms with Gasteiger partial charge in [0.1, 0.15) is 0 Å². The predicted molar refractivity (Wildman–Crippen MR) is 77.4 cm³/mol. The van der Waals surface area contributed by atoms with Crippen molar-refractivity contribution in [1.29, 1.82) is 0 Å². The Morgan fingerprint density at radius 3 is 2.89 bits per heavy atom. The lowest BCUT2D eigenvalue weighted by atomic mass is 10.2. The second-order valence-corrected chi connectivity index (χ2v) is 6.11. The van der Waals surface area contributed by atoms with E-state index >= 15 is 0 Å². The van der Waals surface area contributed by atoms with Gasteiger partial charge in [0.15, 0.2) is 0 Å². The largest absolute Gasteiger partial charge is 0.395 e. The van der Waals surface area contributed by atoms with Crippen LogP contribution >= 0.6 is 27.7 Å². The van der Waals surface area contributed by atoms with E-state index in [1.54, 1.807) is 0 Å². The van der Waals surface area contributed by atoms with Gasteiger partial charge in [-0.05, 0) is 11.1 Å². The van der Waals surface area contributed by atoms with Crippen molar-refractivity contribution in [2.45, 2.75) is 23.1 Å². The van der Waals surface area contributed by atoms with E-state index in [1.165, 1.54) is 33.6 Å². The summed E-state index contributed by atoms with van der Waals surface area (Å²) in [6.45, 7) is -0.144. The van der Waals surface area contributed by atoms with E-state index in [-0.39, 0.29) is 17.2 Å². The first-order valence-electron chi connectivity index (χ1n) is 5.63. The molecule has 0 aliphatic carbocycles. The van der Waals surface area contributed by atoms with Gasteiger partial charge in [-0.25, -0.2) is 4.79 Å². The molecule has 1 aromatic rings. The van der Waals surface area contributed by atoms with Crippen LogP contribution in [-0.2, 0) is 0 Å². The maximum absolute atomic E-state index is 11.8. The van der Waals surface area contributed by atoms with Gasteiger partial charge in [-0.2, -0.15) is 0 Å². The molecule has 1 fully saturated rings. The average Bonchev–Trinajstić information content (AvgIpc) is 2.74. The number of H-pyrrole nitrogens is 1. The first-order chi connectivity index (χ1) is 9.06. The van der Waals surface area contributed by atoms with E-state index in [2.05, 4.69) is 20.9 Å². The van der Waals surface area contributed by atoms with Crippen molar-refractivity contribution in [3.05, 3.63) is 37.6 Å². The summed E-state index contributed by atoms with van der Waals surface area (Å²) in [5.41, 5.74) is -0.627. The Hall–Kier alpha value is -0.830. The van der Waals surface area contributed by atoms with E-state index in [0.717, 1.165) is 0 Å². The van der Waals surface area contributed by atoms with Gasteiger partial charge in [-0.3, -0.25) is 14.3 Å². The van der Waals surface area contributed by atoms with Gasteiger partial charge in [0.25, 0.3) is 5.56 Å². The van der Waals surface area contributed by atoms with Crippen molar-refractivity contribution in [2.24, 2.45) is 0 Å². The SMILES string of the molecule is O=c1[nH]c(=O)n([C@@H]2CC(O)[C@@H](CO)S2)cc1/C=C/Br. The summed E-state index contributed by atoms with van der Waals surface area (Å²) in [7, 11) is 0. The molecule has 2 rings (SSSR count). The molecular formula is C11H13BrN2O4S. The molecule has 8 heteroatoms. The van der Waals surface area contributed by atoms with Crippen molar-refractivity contribution < 1.29 is 10.2 Å². The van der Waals surface area contributed by atoms with Gasteiger partial charge in [0.05, 0.1) is 28.9 Å². The molecule has 1 aliphatic heterocycles. The van der Waals surface area contributed by atoms with Crippen LogP contribution < -0.4 is 11.2 Å². The summed E-state index contributed by atoms with van der Waals surface area (Å²) in [6.07, 6.45) is 2.70. The average molecular weight is 349 g/mol. The highest BCUT2D eigenvalue weighted by Crippen LogP contribution is 2.40. The molecule has 3 atom stereocenters. The standard InChI is InChI=1S/C11H13BrN2O4S/c12-2-1-6-4-14(11(18)13-10(6)17)9-3-7(16)8(5-15)19-9/h1-2,4,7-9,15-16H,3,5H2,(H,13,17,18)/b2-1+/t7?,8-,9+/m1/s1. The number of nitrogens with zero attached hydrogens (tertiary/aromatic N) is 1. The van der Waals surface area contributed by atoms with Crippen LogP contribution in [0.25, 0.3) is 6.08 Å². The number of hydrogen-bond acceptors (Lipinski definition) is 5. The minimum absolute atomic E-state index is 0.144. The first kappa shape index (κ1) is 14.6. The molecule has 19 heavy (non-hydrogen) atoms. The van der Waals surface area contributed by atoms with Crippen LogP contribution in [-0.4, -0.2) is 37.7 Å². The summed E-state index contributed by atoms with van der Waals surface area (Å²) < 4.78 is 1.38. The molecule has 0 amide bonds. The van der Waals surface area contributed by atoms with Crippen LogP contribution in [0.5, 0.6) is 0 Å². The minimum atomic E-state index is -0.658. The van der Waals surface area contributed by atoms with Crippen LogP contribution in [0.2, 0.25) is 0 Å². The Balaban J connectivity index is 2.38. The maximum atomic E-state index is 11.8. The number of hydrogen-bond donors (Lipinski definition) is 3. The van der Waals surface area contributed by atoms with E-state index in [0.29, 0.717) is 12.0 Å². The molecule has 1 saturated heterocycles. The Bertz CT molecular complexity index is 597. The molecule has 1 unspecified atom stereocenters. The number of halogens is 1. The first-order valence-corrected chi connectivity index (χ1v) is 7.49. The topological polar surface area (TPSA) is 95.3 Å². The number of aliphatic hydroxyl groups excluding tert-OH is 2. The molecule has 1 aliphatic rings. The zero-order valence-electron chi connectivity index (χ0n) is 9.82. The molecule has 3 N–H and O–H groups in total. The van der Waals surface area contributed by atoms with Crippen LogP contribution in [0, 0.1) is 0 Å². The second kappa shape index (κ2) is 6.08. The Labute approximate surface area is 121 Å². The molecule has 104 valence electrons. The van der Waals surface area contributed by atoms with Crippen molar-refractivity contribution in [3.8, 4) is 0 Å². The number of rotatable bonds is 3. The molecule has 0 radical (unpaired) electrons. The summed E-state index contributed by atoms with van der Waals surface area (Å²) in [5, 5.41) is 18.3. The van der Waals surface area contributed by atoms with Crippen LogP contribution in [0.1, 0.15) is 17.4 Å². The van der Waals surface area contributed by atoms with Gasteiger partial charge in [0, 0.05) is 12.6 Å². The number of nitrogens with one attached hydrogen (secondary N) is 1. The molecule has 0 aromatic carbocycles. The number of aromatic nitrogens is 2. The Morgan fingerprint density at radius 2 is 2.32 bits per heavy atom. The fraction of sp³-hybridized carbons (Fsp3) is 0.455. The summed E-state index contributed by atoms with van der Waals surface area (Å²) in [4.78, 5) is 27.1. The zero-order chi connectivity index (χ0) is 14.0. The molecule has 0 spiro atoms. The molecule has 0 saturated carbocycles. The van der Waals surface area contributed by atoms with E-state index in [1.807, 2.05) is 0 Å². The molecule has 1 aromatic heterocycles. The summed E-state index contributed by atoms with van der Waals surface area (Å²) in [5.74, 6) is 0. The minimum Gasteiger partial charge on any atom is -0.395 e. The fourth-order valence-electron chi connectivity index (χ4n) is 1.95. The lowest BCUT2D eigenvalue weighted by Gasteiger charge is -2.13. The van der Waals surface area contributed by atoms with Gasteiger partial charge < -0.3 is 10.2 Å². The van der Waals surface area contributed by atoms with Crippen LogP contribution in [0.15, 0.2) is 20.8 Å². The van der Waals surface area contributed by atoms with E-state index < -0.39 is 17.4 Å². The van der Waals surface area contributed by atoms with Crippen molar-refractivity contribution >= 4 is 33.8 Å².